The molecule has 18 heavy (non-hydrogen) atoms. The maximum Gasteiger partial charge on any atom is 0.234 e. The second-order valence-electron chi connectivity index (χ2n) is 5.27. The van der Waals surface area contributed by atoms with Gasteiger partial charge in [0.1, 0.15) is 0 Å². The first-order valence-corrected chi connectivity index (χ1v) is 8.54. The van der Waals surface area contributed by atoms with Crippen molar-refractivity contribution >= 4 is 17.7 Å². The molecule has 1 fully saturated rings. The molecule has 0 aliphatic heterocycles. The van der Waals surface area contributed by atoms with Gasteiger partial charge in [-0.3, -0.25) is 4.79 Å². The van der Waals surface area contributed by atoms with Crippen molar-refractivity contribution in [2.24, 2.45) is 0 Å². The molecule has 0 radical (unpaired) electrons. The van der Waals surface area contributed by atoms with Gasteiger partial charge in [0.2, 0.25) is 5.91 Å². The summed E-state index contributed by atoms with van der Waals surface area (Å²) in [4.78, 5) is 11.8. The van der Waals surface area contributed by atoms with E-state index < -0.39 is 0 Å². The summed E-state index contributed by atoms with van der Waals surface area (Å²) >= 11 is 1.87. The Morgan fingerprint density at radius 1 is 1.28 bits per heavy atom. The maximum atomic E-state index is 11.8. The van der Waals surface area contributed by atoms with Crippen LogP contribution < -0.4 is 10.6 Å². The Morgan fingerprint density at radius 2 is 1.94 bits per heavy atom. The average Bonchev–Trinajstić information content (AvgIpc) is 2.63. The van der Waals surface area contributed by atoms with E-state index in [9.17, 15) is 4.79 Å². The average molecular weight is 272 g/mol. The Bertz CT molecular complexity index is 228. The fourth-order valence-electron chi connectivity index (χ4n) is 2.33. The summed E-state index contributed by atoms with van der Waals surface area (Å²) in [6, 6.07) is 0.423. The molecule has 0 aromatic rings. The van der Waals surface area contributed by atoms with Gasteiger partial charge in [-0.05, 0) is 32.1 Å². The van der Waals surface area contributed by atoms with Crippen LogP contribution in [0.2, 0.25) is 0 Å². The van der Waals surface area contributed by atoms with Crippen LogP contribution in [0.3, 0.4) is 0 Å². The molecule has 0 aromatic heterocycles. The SMILES string of the molecule is CSC(C)CCNCC(=O)NC1CCCCCC1. The minimum absolute atomic E-state index is 0.165. The zero-order chi connectivity index (χ0) is 13.2. The molecule has 1 amide bonds. The van der Waals surface area contributed by atoms with Crippen molar-refractivity contribution in [1.29, 1.82) is 0 Å². The lowest BCUT2D eigenvalue weighted by Crippen LogP contribution is -2.40. The van der Waals surface area contributed by atoms with Gasteiger partial charge < -0.3 is 10.6 Å². The zero-order valence-corrected chi connectivity index (χ0v) is 12.7. The Labute approximate surface area is 116 Å². The summed E-state index contributed by atoms with van der Waals surface area (Å²) in [5.41, 5.74) is 0. The molecule has 1 rings (SSSR count). The molecule has 4 heteroatoms. The highest BCUT2D eigenvalue weighted by Crippen LogP contribution is 2.16. The van der Waals surface area contributed by atoms with Crippen LogP contribution in [0, 0.1) is 0 Å². The maximum absolute atomic E-state index is 11.8. The van der Waals surface area contributed by atoms with Crippen molar-refractivity contribution in [2.45, 2.75) is 63.2 Å². The third-order valence-corrected chi connectivity index (χ3v) is 4.68. The van der Waals surface area contributed by atoms with Gasteiger partial charge in [-0.1, -0.05) is 32.6 Å². The van der Waals surface area contributed by atoms with E-state index in [2.05, 4.69) is 23.8 Å². The third-order valence-electron chi connectivity index (χ3n) is 3.64. The molecule has 106 valence electrons. The van der Waals surface area contributed by atoms with Crippen LogP contribution in [0.5, 0.6) is 0 Å². The number of thioether (sulfide) groups is 1. The first kappa shape index (κ1) is 15.8. The van der Waals surface area contributed by atoms with Gasteiger partial charge >= 0.3 is 0 Å². The quantitative estimate of drug-likeness (QED) is 0.553. The highest BCUT2D eigenvalue weighted by Gasteiger charge is 2.14. The molecule has 1 saturated carbocycles. The third kappa shape index (κ3) is 7.27. The normalized spacial score (nSPS) is 19.2. The van der Waals surface area contributed by atoms with Crippen LogP contribution in [0.15, 0.2) is 0 Å². The van der Waals surface area contributed by atoms with Crippen LogP contribution in [0.4, 0.5) is 0 Å². The van der Waals surface area contributed by atoms with Crippen molar-refractivity contribution < 1.29 is 4.79 Å². The van der Waals surface area contributed by atoms with E-state index in [1.807, 2.05) is 11.8 Å². The molecule has 1 aliphatic rings. The molecule has 3 nitrogen and oxygen atoms in total. The number of amides is 1. The van der Waals surface area contributed by atoms with Crippen molar-refractivity contribution in [2.75, 3.05) is 19.3 Å². The highest BCUT2D eigenvalue weighted by atomic mass is 32.2. The number of hydrogen-bond acceptors (Lipinski definition) is 3. The molecule has 0 bridgehead atoms. The minimum Gasteiger partial charge on any atom is -0.352 e. The van der Waals surface area contributed by atoms with Gasteiger partial charge in [-0.25, -0.2) is 0 Å². The van der Waals surface area contributed by atoms with Crippen LogP contribution in [0.25, 0.3) is 0 Å². The zero-order valence-electron chi connectivity index (χ0n) is 11.8. The molecule has 1 unspecified atom stereocenters. The molecular weight excluding hydrogens is 244 g/mol. The summed E-state index contributed by atoms with van der Waals surface area (Å²) in [7, 11) is 0. The van der Waals surface area contributed by atoms with Gasteiger partial charge in [-0.2, -0.15) is 11.8 Å². The Kier molecular flexibility index (Phi) is 8.51. The molecule has 0 aromatic carbocycles. The van der Waals surface area contributed by atoms with E-state index in [4.69, 9.17) is 0 Å². The van der Waals surface area contributed by atoms with Crippen LogP contribution in [-0.4, -0.2) is 36.5 Å². The van der Waals surface area contributed by atoms with Crippen molar-refractivity contribution in [3.05, 3.63) is 0 Å². The number of rotatable bonds is 7. The first-order valence-electron chi connectivity index (χ1n) is 7.25. The van der Waals surface area contributed by atoms with E-state index >= 15 is 0 Å². The molecule has 2 N–H and O–H groups in total. The predicted molar refractivity (Wildman–Crippen MR) is 80.1 cm³/mol. The summed E-state index contributed by atoms with van der Waals surface area (Å²) < 4.78 is 0. The van der Waals surface area contributed by atoms with E-state index in [1.165, 1.54) is 25.7 Å². The van der Waals surface area contributed by atoms with Gasteiger partial charge in [0.15, 0.2) is 0 Å². The Hall–Kier alpha value is -0.220. The number of hydrogen-bond donors (Lipinski definition) is 2. The lowest BCUT2D eigenvalue weighted by molar-refractivity contribution is -0.121. The number of nitrogens with one attached hydrogen (secondary N) is 2. The Balaban J connectivity index is 2.05. The second kappa shape index (κ2) is 9.68. The summed E-state index contributed by atoms with van der Waals surface area (Å²) in [6.45, 7) is 3.62. The first-order chi connectivity index (χ1) is 8.72. The number of carbonyl (C=O) groups excluding carboxylic acids is 1. The largest absolute Gasteiger partial charge is 0.352 e. The smallest absolute Gasteiger partial charge is 0.234 e. The van der Waals surface area contributed by atoms with Gasteiger partial charge in [0.25, 0.3) is 0 Å². The van der Waals surface area contributed by atoms with Crippen LogP contribution >= 0.6 is 11.8 Å². The van der Waals surface area contributed by atoms with Crippen molar-refractivity contribution in [3.63, 3.8) is 0 Å². The molecule has 1 atom stereocenters. The topological polar surface area (TPSA) is 41.1 Å². The molecular formula is C14H28N2OS. The van der Waals surface area contributed by atoms with Gasteiger partial charge in [0.05, 0.1) is 6.54 Å². The van der Waals surface area contributed by atoms with E-state index in [1.54, 1.807) is 0 Å². The lowest BCUT2D eigenvalue weighted by atomic mass is 10.1. The standard InChI is InChI=1S/C14H28N2OS/c1-12(18-2)9-10-15-11-14(17)16-13-7-5-3-4-6-8-13/h12-13,15H,3-11H2,1-2H3,(H,16,17). The molecule has 0 saturated heterocycles. The van der Waals surface area contributed by atoms with Crippen LogP contribution in [-0.2, 0) is 4.79 Å². The minimum atomic E-state index is 0.165. The summed E-state index contributed by atoms with van der Waals surface area (Å²) in [6.07, 6.45) is 10.8. The molecule has 1 aliphatic carbocycles. The molecule has 0 spiro atoms. The fraction of sp³-hybridized carbons (Fsp3) is 0.929. The van der Waals surface area contributed by atoms with Crippen LogP contribution in [0.1, 0.15) is 51.9 Å². The predicted octanol–water partition coefficient (Wildman–Crippen LogP) is 2.56. The lowest BCUT2D eigenvalue weighted by Gasteiger charge is -2.16. The second-order valence-corrected chi connectivity index (χ2v) is 6.54. The number of carbonyl (C=O) groups is 1. The van der Waals surface area contributed by atoms with Gasteiger partial charge in [0, 0.05) is 11.3 Å². The fourth-order valence-corrected chi connectivity index (χ4v) is 2.68. The summed E-state index contributed by atoms with van der Waals surface area (Å²) in [5, 5.41) is 7.05. The summed E-state index contributed by atoms with van der Waals surface area (Å²) in [5.74, 6) is 0.165. The highest BCUT2D eigenvalue weighted by molar-refractivity contribution is 7.99. The van der Waals surface area contributed by atoms with E-state index in [0.29, 0.717) is 17.8 Å². The van der Waals surface area contributed by atoms with E-state index in [0.717, 1.165) is 25.8 Å². The van der Waals surface area contributed by atoms with Gasteiger partial charge in [-0.15, -0.1) is 0 Å². The monoisotopic (exact) mass is 272 g/mol. The Morgan fingerprint density at radius 3 is 2.56 bits per heavy atom. The molecule has 0 heterocycles. The van der Waals surface area contributed by atoms with Crippen molar-refractivity contribution in [1.82, 2.24) is 10.6 Å². The van der Waals surface area contributed by atoms with Crippen molar-refractivity contribution in [3.8, 4) is 0 Å². The van der Waals surface area contributed by atoms with E-state index in [-0.39, 0.29) is 5.91 Å².